The zero-order valence-corrected chi connectivity index (χ0v) is 17.4. The van der Waals surface area contributed by atoms with Crippen LogP contribution in [0.2, 0.25) is 5.02 Å². The number of rotatable bonds is 6. The molecular formula is C22H26ClN3O4. The highest BCUT2D eigenvalue weighted by atomic mass is 35.5. The third-order valence-electron chi connectivity index (χ3n) is 5.37. The summed E-state index contributed by atoms with van der Waals surface area (Å²) in [6, 6.07) is 14.6. The van der Waals surface area contributed by atoms with Gasteiger partial charge < -0.3 is 19.9 Å². The number of fused-ring (bicyclic) bond motifs is 1. The Morgan fingerprint density at radius 3 is 2.47 bits per heavy atom. The number of nitrogens with zero attached hydrogens (tertiary/aromatic N) is 2. The first-order valence-corrected chi connectivity index (χ1v) is 10.5. The lowest BCUT2D eigenvalue weighted by molar-refractivity contribution is -0.117. The van der Waals surface area contributed by atoms with Crippen molar-refractivity contribution in [3.63, 3.8) is 0 Å². The van der Waals surface area contributed by atoms with Gasteiger partial charge in [-0.15, -0.1) is 0 Å². The Balaban J connectivity index is 1.19. The van der Waals surface area contributed by atoms with E-state index < -0.39 is 6.10 Å². The number of amides is 1. The monoisotopic (exact) mass is 431 g/mol. The average molecular weight is 432 g/mol. The Bertz CT molecular complexity index is 856. The van der Waals surface area contributed by atoms with Gasteiger partial charge >= 0.3 is 0 Å². The molecule has 2 atom stereocenters. The Kier molecular flexibility index (Phi) is 6.74. The molecule has 2 unspecified atom stereocenters. The van der Waals surface area contributed by atoms with Gasteiger partial charge in [0.05, 0.1) is 6.54 Å². The second-order valence-electron chi connectivity index (χ2n) is 7.61. The Hall–Kier alpha value is -2.32. The summed E-state index contributed by atoms with van der Waals surface area (Å²) in [6.45, 7) is 4.31. The van der Waals surface area contributed by atoms with Crippen molar-refractivity contribution in [2.75, 3.05) is 51.2 Å². The van der Waals surface area contributed by atoms with Gasteiger partial charge in [0.15, 0.2) is 17.6 Å². The number of para-hydroxylation sites is 2. The van der Waals surface area contributed by atoms with Crippen LogP contribution < -0.4 is 14.8 Å². The minimum Gasteiger partial charge on any atom is -0.486 e. The number of piperazine rings is 1. The summed E-state index contributed by atoms with van der Waals surface area (Å²) in [5.74, 6) is 1.34. The van der Waals surface area contributed by atoms with Crippen molar-refractivity contribution in [1.29, 1.82) is 0 Å². The molecule has 0 aromatic heterocycles. The van der Waals surface area contributed by atoms with Gasteiger partial charge in [-0.2, -0.15) is 0 Å². The van der Waals surface area contributed by atoms with Crippen LogP contribution >= 0.6 is 11.6 Å². The average Bonchev–Trinajstić information content (AvgIpc) is 2.76. The molecule has 2 aromatic carbocycles. The fourth-order valence-electron chi connectivity index (χ4n) is 3.67. The smallest absolute Gasteiger partial charge is 0.238 e. The quantitative estimate of drug-likeness (QED) is 0.729. The zero-order chi connectivity index (χ0) is 20.9. The van der Waals surface area contributed by atoms with Crippen molar-refractivity contribution >= 4 is 23.2 Å². The number of carbonyl (C=O) groups excluding carboxylic acids is 1. The van der Waals surface area contributed by atoms with E-state index in [1.54, 1.807) is 24.3 Å². The topological polar surface area (TPSA) is 74.3 Å². The van der Waals surface area contributed by atoms with E-state index in [1.165, 1.54) is 0 Å². The van der Waals surface area contributed by atoms with E-state index in [-0.39, 0.29) is 12.0 Å². The molecule has 2 aliphatic rings. The van der Waals surface area contributed by atoms with Crippen LogP contribution in [0.5, 0.6) is 11.5 Å². The van der Waals surface area contributed by atoms with E-state index in [1.807, 2.05) is 24.3 Å². The van der Waals surface area contributed by atoms with Crippen molar-refractivity contribution in [2.45, 2.75) is 12.2 Å². The molecule has 0 bridgehead atoms. The van der Waals surface area contributed by atoms with Gasteiger partial charge in [0.2, 0.25) is 5.91 Å². The molecule has 2 aliphatic heterocycles. The van der Waals surface area contributed by atoms with Gasteiger partial charge in [0.1, 0.15) is 12.7 Å². The molecule has 0 spiro atoms. The maximum atomic E-state index is 12.3. The molecule has 2 aromatic rings. The molecule has 160 valence electrons. The van der Waals surface area contributed by atoms with Gasteiger partial charge in [-0.05, 0) is 36.4 Å². The van der Waals surface area contributed by atoms with Crippen LogP contribution in [0.25, 0.3) is 0 Å². The van der Waals surface area contributed by atoms with Crippen molar-refractivity contribution in [3.05, 3.63) is 53.6 Å². The summed E-state index contributed by atoms with van der Waals surface area (Å²) >= 11 is 5.87. The number of carbonyl (C=O) groups is 1. The second-order valence-corrected chi connectivity index (χ2v) is 8.05. The molecule has 2 N–H and O–H groups in total. The number of hydrogen-bond acceptors (Lipinski definition) is 6. The van der Waals surface area contributed by atoms with Gasteiger partial charge in [-0.1, -0.05) is 23.7 Å². The zero-order valence-electron chi connectivity index (χ0n) is 16.7. The lowest BCUT2D eigenvalue weighted by atomic mass is 10.1. The number of nitrogens with one attached hydrogen (secondary N) is 1. The van der Waals surface area contributed by atoms with Crippen LogP contribution in [0.1, 0.15) is 0 Å². The van der Waals surface area contributed by atoms with E-state index in [9.17, 15) is 9.90 Å². The Labute approximate surface area is 181 Å². The molecule has 1 fully saturated rings. The van der Waals surface area contributed by atoms with Gasteiger partial charge in [0.25, 0.3) is 0 Å². The molecule has 4 rings (SSSR count). The number of aliphatic hydroxyl groups is 1. The SMILES string of the molecule is O=C(CN1CCN(CC(O)C2COc3ccccc3O2)CC1)Nc1ccc(Cl)cc1. The number of aliphatic hydroxyl groups excluding tert-OH is 1. The lowest BCUT2D eigenvalue weighted by Crippen LogP contribution is -2.53. The first-order valence-electron chi connectivity index (χ1n) is 10.1. The number of anilines is 1. The molecule has 1 saturated heterocycles. The van der Waals surface area contributed by atoms with Crippen LogP contribution in [0.15, 0.2) is 48.5 Å². The summed E-state index contributed by atoms with van der Waals surface area (Å²) in [5, 5.41) is 14.1. The number of β-amino-alcohol motifs (C(OH)–C–C–N with tert-alkyl or cyclic N) is 1. The summed E-state index contributed by atoms with van der Waals surface area (Å²) in [5.41, 5.74) is 0.738. The van der Waals surface area contributed by atoms with Gasteiger partial charge in [0, 0.05) is 43.4 Å². The molecule has 7 nitrogen and oxygen atoms in total. The molecule has 0 radical (unpaired) electrons. The third-order valence-corrected chi connectivity index (χ3v) is 5.62. The second kappa shape index (κ2) is 9.66. The predicted molar refractivity (Wildman–Crippen MR) is 115 cm³/mol. The third kappa shape index (κ3) is 5.43. The number of ether oxygens (including phenoxy) is 2. The van der Waals surface area contributed by atoms with Crippen LogP contribution in [0.4, 0.5) is 5.69 Å². The summed E-state index contributed by atoms with van der Waals surface area (Å²) in [7, 11) is 0. The van der Waals surface area contributed by atoms with Crippen LogP contribution in [-0.2, 0) is 4.79 Å². The van der Waals surface area contributed by atoms with Crippen LogP contribution in [0.3, 0.4) is 0 Å². The first kappa shape index (κ1) is 20.9. The fraction of sp³-hybridized carbons (Fsp3) is 0.409. The van der Waals surface area contributed by atoms with Crippen molar-refractivity contribution < 1.29 is 19.4 Å². The minimum atomic E-state index is -0.641. The first-order chi connectivity index (χ1) is 14.6. The molecule has 0 aliphatic carbocycles. The highest BCUT2D eigenvalue weighted by Gasteiger charge is 2.30. The summed E-state index contributed by atoms with van der Waals surface area (Å²) in [6.07, 6.45) is -1.03. The predicted octanol–water partition coefficient (Wildman–Crippen LogP) is 2.10. The van der Waals surface area contributed by atoms with Crippen molar-refractivity contribution in [1.82, 2.24) is 9.80 Å². The molecule has 2 heterocycles. The van der Waals surface area contributed by atoms with Gasteiger partial charge in [-0.25, -0.2) is 0 Å². The van der Waals surface area contributed by atoms with Crippen LogP contribution in [-0.4, -0.2) is 78.9 Å². The standard InChI is InChI=1S/C22H26ClN3O4/c23-16-5-7-17(8-6-16)24-22(28)14-26-11-9-25(10-12-26)13-18(27)21-15-29-19-3-1-2-4-20(19)30-21/h1-8,18,21,27H,9-15H2,(H,24,28). The van der Waals surface area contributed by atoms with E-state index in [4.69, 9.17) is 21.1 Å². The minimum absolute atomic E-state index is 0.0442. The van der Waals surface area contributed by atoms with E-state index >= 15 is 0 Å². The number of benzene rings is 2. The Morgan fingerprint density at radius 2 is 1.73 bits per heavy atom. The fourth-order valence-corrected chi connectivity index (χ4v) is 3.80. The number of hydrogen-bond donors (Lipinski definition) is 2. The largest absolute Gasteiger partial charge is 0.486 e. The lowest BCUT2D eigenvalue weighted by Gasteiger charge is -2.37. The Morgan fingerprint density at radius 1 is 1.07 bits per heavy atom. The van der Waals surface area contributed by atoms with Crippen molar-refractivity contribution in [3.8, 4) is 11.5 Å². The summed E-state index contributed by atoms with van der Waals surface area (Å²) < 4.78 is 11.6. The van der Waals surface area contributed by atoms with E-state index in [2.05, 4.69) is 15.1 Å². The molecular weight excluding hydrogens is 406 g/mol. The summed E-state index contributed by atoms with van der Waals surface area (Å²) in [4.78, 5) is 16.6. The highest BCUT2D eigenvalue weighted by Crippen LogP contribution is 2.31. The van der Waals surface area contributed by atoms with Gasteiger partial charge in [-0.3, -0.25) is 14.6 Å². The maximum Gasteiger partial charge on any atom is 0.238 e. The molecule has 30 heavy (non-hydrogen) atoms. The van der Waals surface area contributed by atoms with E-state index in [0.717, 1.165) is 31.9 Å². The molecule has 1 amide bonds. The normalized spacial score (nSPS) is 20.5. The van der Waals surface area contributed by atoms with Crippen molar-refractivity contribution in [2.24, 2.45) is 0 Å². The van der Waals surface area contributed by atoms with E-state index in [0.29, 0.717) is 36.2 Å². The highest BCUT2D eigenvalue weighted by molar-refractivity contribution is 6.30. The number of halogens is 1. The molecule has 8 heteroatoms. The maximum absolute atomic E-state index is 12.3. The molecule has 0 saturated carbocycles. The van der Waals surface area contributed by atoms with Crippen LogP contribution in [0, 0.1) is 0 Å².